The van der Waals surface area contributed by atoms with Gasteiger partial charge < -0.3 is 0 Å². The van der Waals surface area contributed by atoms with Crippen LogP contribution in [-0.4, -0.2) is 19.5 Å². The quantitative estimate of drug-likeness (QED) is 0.570. The molecule has 5 nitrogen and oxygen atoms in total. The van der Waals surface area contributed by atoms with Crippen molar-refractivity contribution >= 4 is 10.9 Å². The first kappa shape index (κ1) is 14.3. The molecule has 0 atom stereocenters. The third-order valence-electron chi connectivity index (χ3n) is 3.92. The molecule has 0 radical (unpaired) electrons. The lowest BCUT2D eigenvalue weighted by atomic mass is 10.1. The molecule has 0 aliphatic rings. The van der Waals surface area contributed by atoms with Gasteiger partial charge in [-0.05, 0) is 42.8 Å². The van der Waals surface area contributed by atoms with Crippen LogP contribution in [0.2, 0.25) is 0 Å². The predicted octanol–water partition coefficient (Wildman–Crippen LogP) is 3.15. The highest BCUT2D eigenvalue weighted by atomic mass is 16.1. The van der Waals surface area contributed by atoms with Gasteiger partial charge in [-0.3, -0.25) is 9.78 Å². The number of aryl methyl sites for hydroxylation is 1. The standard InChI is InChI=1S/C19H14N4O/c1-13-5-4-6-15-17(13)22-18(14-8-11-20-12-9-14)23(19(15)24)16-7-2-3-10-21-16/h2-12H,1H3. The summed E-state index contributed by atoms with van der Waals surface area (Å²) in [5, 5.41) is 0.582. The number of hydrogen-bond donors (Lipinski definition) is 0. The molecule has 0 aliphatic carbocycles. The Morgan fingerprint density at radius 2 is 1.75 bits per heavy atom. The number of para-hydroxylation sites is 1. The van der Waals surface area contributed by atoms with Gasteiger partial charge in [0.2, 0.25) is 0 Å². The Kier molecular flexibility index (Phi) is 3.39. The third-order valence-corrected chi connectivity index (χ3v) is 3.92. The minimum absolute atomic E-state index is 0.130. The van der Waals surface area contributed by atoms with Gasteiger partial charge in [-0.1, -0.05) is 18.2 Å². The van der Waals surface area contributed by atoms with Crippen molar-refractivity contribution in [3.8, 4) is 17.2 Å². The van der Waals surface area contributed by atoms with Crippen LogP contribution in [0.1, 0.15) is 5.56 Å². The average Bonchev–Trinajstić information content (AvgIpc) is 2.64. The smallest absolute Gasteiger partial charge is 0.267 e. The molecule has 1 aromatic carbocycles. The summed E-state index contributed by atoms with van der Waals surface area (Å²) in [7, 11) is 0. The molecule has 3 aromatic heterocycles. The Morgan fingerprint density at radius 3 is 2.50 bits per heavy atom. The van der Waals surface area contributed by atoms with Crippen LogP contribution in [0.3, 0.4) is 0 Å². The molecule has 5 heteroatoms. The largest absolute Gasteiger partial charge is 0.268 e. The fourth-order valence-corrected chi connectivity index (χ4v) is 2.75. The first-order valence-electron chi connectivity index (χ1n) is 7.60. The van der Waals surface area contributed by atoms with E-state index in [1.165, 1.54) is 0 Å². The lowest BCUT2D eigenvalue weighted by Crippen LogP contribution is -2.23. The summed E-state index contributed by atoms with van der Waals surface area (Å²) in [4.78, 5) is 26.3. The third kappa shape index (κ3) is 2.27. The van der Waals surface area contributed by atoms with E-state index in [0.717, 1.165) is 11.1 Å². The van der Waals surface area contributed by atoms with Crippen molar-refractivity contribution in [2.75, 3.05) is 0 Å². The molecule has 4 rings (SSSR count). The van der Waals surface area contributed by atoms with Crippen LogP contribution < -0.4 is 5.56 Å². The summed E-state index contributed by atoms with van der Waals surface area (Å²) in [5.41, 5.74) is 2.36. The molecular formula is C19H14N4O. The Hall–Kier alpha value is -3.34. The summed E-state index contributed by atoms with van der Waals surface area (Å²) >= 11 is 0. The van der Waals surface area contributed by atoms with Gasteiger partial charge in [0, 0.05) is 24.2 Å². The molecular weight excluding hydrogens is 300 g/mol. The minimum Gasteiger partial charge on any atom is -0.268 e. The molecule has 0 aliphatic heterocycles. The normalized spacial score (nSPS) is 10.9. The van der Waals surface area contributed by atoms with Crippen molar-refractivity contribution in [3.63, 3.8) is 0 Å². The first-order chi connectivity index (χ1) is 11.8. The van der Waals surface area contributed by atoms with Crippen molar-refractivity contribution in [1.29, 1.82) is 0 Å². The summed E-state index contributed by atoms with van der Waals surface area (Å²) in [6.45, 7) is 1.95. The first-order valence-corrected chi connectivity index (χ1v) is 7.60. The van der Waals surface area contributed by atoms with Crippen LogP contribution in [-0.2, 0) is 0 Å². The van der Waals surface area contributed by atoms with E-state index < -0.39 is 0 Å². The molecule has 0 unspecified atom stereocenters. The van der Waals surface area contributed by atoms with Gasteiger partial charge in [0.25, 0.3) is 5.56 Å². The van der Waals surface area contributed by atoms with Crippen molar-refractivity contribution in [2.45, 2.75) is 6.92 Å². The molecule has 3 heterocycles. The van der Waals surface area contributed by atoms with Crippen molar-refractivity contribution in [3.05, 3.63) is 83.0 Å². The molecule has 0 N–H and O–H groups in total. The summed E-state index contributed by atoms with van der Waals surface area (Å²) in [6.07, 6.45) is 5.04. The molecule has 0 bridgehead atoms. The van der Waals surface area contributed by atoms with Crippen LogP contribution in [0.15, 0.2) is 71.9 Å². The summed E-state index contributed by atoms with van der Waals surface area (Å²) < 4.78 is 1.55. The van der Waals surface area contributed by atoms with Gasteiger partial charge in [-0.25, -0.2) is 14.5 Å². The van der Waals surface area contributed by atoms with Crippen LogP contribution in [0.25, 0.3) is 28.1 Å². The van der Waals surface area contributed by atoms with E-state index in [2.05, 4.69) is 9.97 Å². The van der Waals surface area contributed by atoms with Crippen LogP contribution in [0.5, 0.6) is 0 Å². The molecule has 0 saturated heterocycles. The topological polar surface area (TPSA) is 60.7 Å². The fourth-order valence-electron chi connectivity index (χ4n) is 2.75. The zero-order valence-corrected chi connectivity index (χ0v) is 13.0. The van der Waals surface area contributed by atoms with Crippen LogP contribution >= 0.6 is 0 Å². The second-order valence-corrected chi connectivity index (χ2v) is 5.47. The van der Waals surface area contributed by atoms with Gasteiger partial charge in [0.1, 0.15) is 11.6 Å². The molecule has 24 heavy (non-hydrogen) atoms. The Labute approximate surface area is 138 Å². The summed E-state index contributed by atoms with van der Waals surface area (Å²) in [6, 6.07) is 14.8. The van der Waals surface area contributed by atoms with E-state index in [1.54, 1.807) is 35.3 Å². The van der Waals surface area contributed by atoms with E-state index in [9.17, 15) is 4.79 Å². The minimum atomic E-state index is -0.130. The lowest BCUT2D eigenvalue weighted by Gasteiger charge is -2.13. The number of fused-ring (bicyclic) bond motifs is 1. The Balaban J connectivity index is 2.16. The highest BCUT2D eigenvalue weighted by molar-refractivity contribution is 5.83. The number of rotatable bonds is 2. The maximum absolute atomic E-state index is 13.1. The van der Waals surface area contributed by atoms with E-state index >= 15 is 0 Å². The number of nitrogens with zero attached hydrogens (tertiary/aromatic N) is 4. The SMILES string of the molecule is Cc1cccc2c(=O)n(-c3ccccn3)c(-c3ccncc3)nc12. The molecule has 4 aromatic rings. The fraction of sp³-hybridized carbons (Fsp3) is 0.0526. The highest BCUT2D eigenvalue weighted by Crippen LogP contribution is 2.22. The Bertz CT molecular complexity index is 1070. The number of pyridine rings is 2. The molecule has 116 valence electrons. The molecule has 0 fully saturated rings. The van der Waals surface area contributed by atoms with Crippen molar-refractivity contribution in [1.82, 2.24) is 19.5 Å². The zero-order valence-electron chi connectivity index (χ0n) is 13.0. The molecule has 0 saturated carbocycles. The van der Waals surface area contributed by atoms with E-state index in [-0.39, 0.29) is 5.56 Å². The maximum atomic E-state index is 13.1. The second-order valence-electron chi connectivity index (χ2n) is 5.47. The van der Waals surface area contributed by atoms with Gasteiger partial charge in [0.15, 0.2) is 0 Å². The predicted molar refractivity (Wildman–Crippen MR) is 93.1 cm³/mol. The van der Waals surface area contributed by atoms with E-state index in [1.807, 2.05) is 43.3 Å². The van der Waals surface area contributed by atoms with Gasteiger partial charge in [-0.2, -0.15) is 0 Å². The van der Waals surface area contributed by atoms with Crippen LogP contribution in [0.4, 0.5) is 0 Å². The maximum Gasteiger partial charge on any atom is 0.267 e. The highest BCUT2D eigenvalue weighted by Gasteiger charge is 2.15. The number of aromatic nitrogens is 4. The summed E-state index contributed by atoms with van der Waals surface area (Å²) in [5.74, 6) is 1.10. The zero-order chi connectivity index (χ0) is 16.5. The van der Waals surface area contributed by atoms with Crippen LogP contribution in [0, 0.1) is 6.92 Å². The lowest BCUT2D eigenvalue weighted by molar-refractivity contribution is 0.930. The van der Waals surface area contributed by atoms with Crippen molar-refractivity contribution < 1.29 is 0 Å². The second kappa shape index (κ2) is 5.70. The van der Waals surface area contributed by atoms with E-state index in [0.29, 0.717) is 22.5 Å². The number of hydrogen-bond acceptors (Lipinski definition) is 4. The van der Waals surface area contributed by atoms with Gasteiger partial charge in [0.05, 0.1) is 10.9 Å². The Morgan fingerprint density at radius 1 is 0.917 bits per heavy atom. The number of benzene rings is 1. The van der Waals surface area contributed by atoms with E-state index in [4.69, 9.17) is 4.98 Å². The van der Waals surface area contributed by atoms with Crippen molar-refractivity contribution in [2.24, 2.45) is 0 Å². The molecule has 0 spiro atoms. The van der Waals surface area contributed by atoms with Gasteiger partial charge in [-0.15, -0.1) is 0 Å². The van der Waals surface area contributed by atoms with Gasteiger partial charge >= 0.3 is 0 Å². The average molecular weight is 314 g/mol. The molecule has 0 amide bonds. The monoisotopic (exact) mass is 314 g/mol.